The van der Waals surface area contributed by atoms with Crippen LogP contribution in [0.3, 0.4) is 0 Å². The van der Waals surface area contributed by atoms with Gasteiger partial charge in [-0.3, -0.25) is 9.59 Å². The number of rotatable bonds is 7. The Bertz CT molecular complexity index is 871. The molecule has 0 unspecified atom stereocenters. The van der Waals surface area contributed by atoms with Crippen LogP contribution in [0.2, 0.25) is 0 Å². The van der Waals surface area contributed by atoms with E-state index >= 15 is 0 Å². The fourth-order valence-corrected chi connectivity index (χ4v) is 3.17. The van der Waals surface area contributed by atoms with Crippen LogP contribution in [0, 0.1) is 5.82 Å². The van der Waals surface area contributed by atoms with Crippen molar-refractivity contribution in [1.29, 1.82) is 0 Å². The molecule has 10 heteroatoms. The summed E-state index contributed by atoms with van der Waals surface area (Å²) in [6, 6.07) is 5.69. The molecule has 0 spiro atoms. The second-order valence-corrected chi connectivity index (χ2v) is 8.36. The fraction of sp³-hybridized carbons (Fsp3) is 0.550. The summed E-state index contributed by atoms with van der Waals surface area (Å²) in [6.45, 7) is 6.40. The van der Waals surface area contributed by atoms with Crippen molar-refractivity contribution in [2.45, 2.75) is 51.8 Å². The third-order valence-corrected chi connectivity index (χ3v) is 4.48. The summed E-state index contributed by atoms with van der Waals surface area (Å²) < 4.78 is 18.7. The molecule has 9 nitrogen and oxygen atoms in total. The predicted octanol–water partition coefficient (Wildman–Crippen LogP) is 1.40. The van der Waals surface area contributed by atoms with Crippen molar-refractivity contribution in [3.05, 3.63) is 30.1 Å². The van der Waals surface area contributed by atoms with Crippen LogP contribution in [0.1, 0.15) is 33.6 Å². The lowest BCUT2D eigenvalue weighted by Crippen LogP contribution is -2.49. The number of carbonyl (C=O) groups excluding carboxylic acids is 2. The molecule has 0 radical (unpaired) electrons. The smallest absolute Gasteiger partial charge is 0.246 e. The van der Waals surface area contributed by atoms with Crippen LogP contribution in [0.5, 0.6) is 0 Å². The van der Waals surface area contributed by atoms with E-state index in [1.165, 1.54) is 21.8 Å². The molecule has 1 atom stereocenters. The Morgan fingerprint density at radius 2 is 2.03 bits per heavy atom. The number of benzene rings is 1. The molecule has 1 aliphatic heterocycles. The Kier molecular flexibility index (Phi) is 6.76. The second-order valence-electron chi connectivity index (χ2n) is 8.36. The quantitative estimate of drug-likeness (QED) is 0.729. The van der Waals surface area contributed by atoms with Gasteiger partial charge in [-0.1, -0.05) is 0 Å². The molecule has 0 aliphatic carbocycles. The fourth-order valence-electron chi connectivity index (χ4n) is 3.17. The summed E-state index contributed by atoms with van der Waals surface area (Å²) >= 11 is 0. The molecule has 1 aromatic heterocycles. The maximum Gasteiger partial charge on any atom is 0.246 e. The molecule has 1 aliphatic rings. The van der Waals surface area contributed by atoms with E-state index in [4.69, 9.17) is 4.74 Å². The minimum atomic E-state index is -0.396. The van der Waals surface area contributed by atoms with E-state index in [0.29, 0.717) is 24.5 Å². The number of hydrogen-bond donors (Lipinski definition) is 1. The molecule has 30 heavy (non-hydrogen) atoms. The highest BCUT2D eigenvalue weighted by atomic mass is 19.1. The van der Waals surface area contributed by atoms with Gasteiger partial charge in [0.2, 0.25) is 17.6 Å². The van der Waals surface area contributed by atoms with Crippen LogP contribution in [0.4, 0.5) is 4.39 Å². The standard InChI is InChI=1S/C20H27FN6O3/c1-20(2,3)22-17(28)12-26(11-16-5-4-10-30-16)18(29)13-27-24-19(23-25-27)14-6-8-15(21)9-7-14/h6-9,16H,4-5,10-13H2,1-3H3,(H,22,28)/t16-/m1/s1. The molecule has 1 saturated heterocycles. The van der Waals surface area contributed by atoms with Crippen molar-refractivity contribution >= 4 is 11.8 Å². The topological polar surface area (TPSA) is 102 Å². The van der Waals surface area contributed by atoms with Gasteiger partial charge >= 0.3 is 0 Å². The van der Waals surface area contributed by atoms with Crippen molar-refractivity contribution in [3.8, 4) is 11.4 Å². The van der Waals surface area contributed by atoms with Crippen molar-refractivity contribution < 1.29 is 18.7 Å². The zero-order valence-corrected chi connectivity index (χ0v) is 17.5. The Balaban J connectivity index is 1.67. The summed E-state index contributed by atoms with van der Waals surface area (Å²) in [5, 5.41) is 14.9. The summed E-state index contributed by atoms with van der Waals surface area (Å²) in [5.41, 5.74) is 0.198. The van der Waals surface area contributed by atoms with Crippen molar-refractivity contribution in [2.24, 2.45) is 0 Å². The van der Waals surface area contributed by atoms with Crippen molar-refractivity contribution in [3.63, 3.8) is 0 Å². The maximum absolute atomic E-state index is 13.1. The first-order valence-electron chi connectivity index (χ1n) is 9.94. The molecule has 162 valence electrons. The lowest BCUT2D eigenvalue weighted by molar-refractivity contribution is -0.138. The molecule has 1 fully saturated rings. The van der Waals surface area contributed by atoms with Crippen LogP contribution >= 0.6 is 0 Å². The van der Waals surface area contributed by atoms with Gasteiger partial charge in [0.05, 0.1) is 12.6 Å². The van der Waals surface area contributed by atoms with Gasteiger partial charge < -0.3 is 15.0 Å². The lowest BCUT2D eigenvalue weighted by Gasteiger charge is -2.27. The minimum absolute atomic E-state index is 0.0739. The third-order valence-electron chi connectivity index (χ3n) is 4.48. The Hall–Kier alpha value is -2.88. The highest BCUT2D eigenvalue weighted by Gasteiger charge is 2.26. The van der Waals surface area contributed by atoms with E-state index in [1.807, 2.05) is 20.8 Å². The Morgan fingerprint density at radius 1 is 1.30 bits per heavy atom. The van der Waals surface area contributed by atoms with Gasteiger partial charge in [-0.2, -0.15) is 4.80 Å². The summed E-state index contributed by atoms with van der Waals surface area (Å²) in [5.74, 6) is -0.622. The Morgan fingerprint density at radius 3 is 2.67 bits per heavy atom. The number of nitrogens with one attached hydrogen (secondary N) is 1. The van der Waals surface area contributed by atoms with E-state index in [9.17, 15) is 14.0 Å². The number of halogens is 1. The van der Waals surface area contributed by atoms with Gasteiger partial charge in [0.15, 0.2) is 0 Å². The number of hydrogen-bond acceptors (Lipinski definition) is 6. The predicted molar refractivity (Wildman–Crippen MR) is 107 cm³/mol. The summed E-state index contributed by atoms with van der Waals surface area (Å²) in [6.07, 6.45) is 1.70. The van der Waals surface area contributed by atoms with E-state index in [2.05, 4.69) is 20.7 Å². The van der Waals surface area contributed by atoms with E-state index in [0.717, 1.165) is 12.8 Å². The van der Waals surface area contributed by atoms with Gasteiger partial charge in [-0.25, -0.2) is 4.39 Å². The zero-order valence-electron chi connectivity index (χ0n) is 17.5. The van der Waals surface area contributed by atoms with E-state index in [1.54, 1.807) is 12.1 Å². The molecule has 0 saturated carbocycles. The normalized spacial score (nSPS) is 16.5. The molecular weight excluding hydrogens is 391 g/mol. The van der Waals surface area contributed by atoms with Crippen molar-refractivity contribution in [2.75, 3.05) is 19.7 Å². The average molecular weight is 418 g/mol. The monoisotopic (exact) mass is 418 g/mol. The highest BCUT2D eigenvalue weighted by molar-refractivity contribution is 5.85. The van der Waals surface area contributed by atoms with Gasteiger partial charge in [0, 0.05) is 24.3 Å². The maximum atomic E-state index is 13.1. The van der Waals surface area contributed by atoms with Crippen LogP contribution in [0.25, 0.3) is 11.4 Å². The number of aromatic nitrogens is 4. The first-order valence-corrected chi connectivity index (χ1v) is 9.94. The molecule has 1 aromatic carbocycles. The molecular formula is C20H27FN6O3. The van der Waals surface area contributed by atoms with Crippen LogP contribution in [-0.2, 0) is 20.9 Å². The van der Waals surface area contributed by atoms with Crippen LogP contribution in [-0.4, -0.2) is 68.3 Å². The lowest BCUT2D eigenvalue weighted by atomic mass is 10.1. The van der Waals surface area contributed by atoms with Crippen molar-refractivity contribution in [1.82, 2.24) is 30.4 Å². The minimum Gasteiger partial charge on any atom is -0.376 e. The third kappa shape index (κ3) is 6.31. The van der Waals surface area contributed by atoms with Crippen LogP contribution in [0.15, 0.2) is 24.3 Å². The first kappa shape index (κ1) is 21.8. The van der Waals surface area contributed by atoms with E-state index < -0.39 is 5.54 Å². The van der Waals surface area contributed by atoms with E-state index in [-0.39, 0.29) is 36.8 Å². The molecule has 2 heterocycles. The van der Waals surface area contributed by atoms with Gasteiger partial charge in [-0.15, -0.1) is 10.2 Å². The first-order chi connectivity index (χ1) is 14.2. The molecule has 2 aromatic rings. The van der Waals surface area contributed by atoms with Gasteiger partial charge in [0.1, 0.15) is 12.4 Å². The second kappa shape index (κ2) is 9.29. The van der Waals surface area contributed by atoms with Gasteiger partial charge in [-0.05, 0) is 63.1 Å². The number of amides is 2. The zero-order chi connectivity index (χ0) is 21.7. The number of tetrazole rings is 1. The average Bonchev–Trinajstić information content (AvgIpc) is 3.32. The number of carbonyl (C=O) groups is 2. The highest BCUT2D eigenvalue weighted by Crippen LogP contribution is 2.15. The number of nitrogens with zero attached hydrogens (tertiary/aromatic N) is 5. The molecule has 3 rings (SSSR count). The SMILES string of the molecule is CC(C)(C)NC(=O)CN(C[C@H]1CCCO1)C(=O)Cn1nnc(-c2ccc(F)cc2)n1. The summed E-state index contributed by atoms with van der Waals surface area (Å²) in [7, 11) is 0. The largest absolute Gasteiger partial charge is 0.376 e. The molecule has 0 bridgehead atoms. The Labute approximate surface area is 174 Å². The molecule has 1 N–H and O–H groups in total. The van der Waals surface area contributed by atoms with Gasteiger partial charge in [0.25, 0.3) is 0 Å². The molecule has 2 amide bonds. The number of ether oxygens (including phenoxy) is 1. The summed E-state index contributed by atoms with van der Waals surface area (Å²) in [4.78, 5) is 27.9. The van der Waals surface area contributed by atoms with Crippen LogP contribution < -0.4 is 5.32 Å².